The van der Waals surface area contributed by atoms with E-state index in [0.717, 1.165) is 22.4 Å². The zero-order chi connectivity index (χ0) is 15.9. The first kappa shape index (κ1) is 32.0. The van der Waals surface area contributed by atoms with Gasteiger partial charge in [0.2, 0.25) is 0 Å². The first-order chi connectivity index (χ1) is 10.1. The number of rotatable bonds is 0. The molecule has 3 rings (SSSR count). The maximum atomic E-state index is 3.16. The molecule has 0 fully saturated rings. The van der Waals surface area contributed by atoms with Gasteiger partial charge in [-0.1, -0.05) is 50.9 Å². The molecule has 5 heteroatoms. The van der Waals surface area contributed by atoms with Gasteiger partial charge in [-0.2, -0.15) is 11.6 Å². The average molecular weight is 474 g/mol. The van der Waals surface area contributed by atoms with Crippen molar-refractivity contribution in [3.63, 3.8) is 0 Å². The molecule has 3 radical (unpaired) electrons. The number of fused-ring (bicyclic) bond motifs is 1. The zero-order valence-electron chi connectivity index (χ0n) is 15.3. The van der Waals surface area contributed by atoms with E-state index in [9.17, 15) is 0 Å². The van der Waals surface area contributed by atoms with Crippen LogP contribution in [0.15, 0.2) is 42.5 Å². The van der Waals surface area contributed by atoms with Crippen molar-refractivity contribution in [3.8, 4) is 0 Å². The Balaban J connectivity index is -0.000000118. The number of hydrogen-bond donors (Lipinski definition) is 0. The van der Waals surface area contributed by atoms with Crippen molar-refractivity contribution >= 4 is 24.4 Å². The molecular formula is C19H27Cl2Si2Zr. The number of halogens is 2. The molecule has 0 aromatic heterocycles. The van der Waals surface area contributed by atoms with Gasteiger partial charge in [0.25, 0.3) is 0 Å². The third kappa shape index (κ3) is 20.4. The minimum Gasteiger partial charge on any atom is -1.00 e. The molecule has 24 heavy (non-hydrogen) atoms. The van der Waals surface area contributed by atoms with Crippen LogP contribution in [0.2, 0.25) is 32.7 Å². The van der Waals surface area contributed by atoms with Gasteiger partial charge < -0.3 is 24.8 Å². The zero-order valence-corrected chi connectivity index (χ0v) is 21.3. The van der Waals surface area contributed by atoms with E-state index < -0.39 is 0 Å². The van der Waals surface area contributed by atoms with Gasteiger partial charge >= 0.3 is 26.2 Å². The molecule has 2 aliphatic rings. The molecule has 0 bridgehead atoms. The van der Waals surface area contributed by atoms with Crippen molar-refractivity contribution in [1.29, 1.82) is 0 Å². The molecule has 1 aromatic rings. The summed E-state index contributed by atoms with van der Waals surface area (Å²) in [7, 11) is 1.20. The van der Waals surface area contributed by atoms with Crippen molar-refractivity contribution in [3.05, 3.63) is 65.8 Å². The first-order valence-electron chi connectivity index (χ1n) is 7.33. The molecule has 0 unspecified atom stereocenters. The minimum atomic E-state index is 0. The van der Waals surface area contributed by atoms with E-state index in [-0.39, 0.29) is 59.8 Å². The summed E-state index contributed by atoms with van der Waals surface area (Å²) in [5.74, 6) is 0. The van der Waals surface area contributed by atoms with Gasteiger partial charge in [-0.3, -0.25) is 12.2 Å². The molecule has 0 spiro atoms. The third-order valence-electron chi connectivity index (χ3n) is 2.19. The Labute approximate surface area is 185 Å². The van der Waals surface area contributed by atoms with E-state index in [0.29, 0.717) is 0 Å². The summed E-state index contributed by atoms with van der Waals surface area (Å²) in [6.07, 6.45) is 16.2. The number of hydrogen-bond acceptors (Lipinski definition) is 0. The summed E-state index contributed by atoms with van der Waals surface area (Å²) in [4.78, 5) is 0. The molecule has 0 saturated heterocycles. The monoisotopic (exact) mass is 471 g/mol. The smallest absolute Gasteiger partial charge is 1.00 e. The summed E-state index contributed by atoms with van der Waals surface area (Å²) in [5.41, 5.74) is 2.73. The Hall–Kier alpha value is 0.337. The molecule has 0 nitrogen and oxygen atoms in total. The van der Waals surface area contributed by atoms with Gasteiger partial charge in [0.1, 0.15) is 0 Å². The summed E-state index contributed by atoms with van der Waals surface area (Å²) in [6, 6.07) is 8.39. The van der Waals surface area contributed by atoms with Crippen molar-refractivity contribution < 1.29 is 51.0 Å². The van der Waals surface area contributed by atoms with Gasteiger partial charge in [0, 0.05) is 18.3 Å². The predicted octanol–water partition coefficient (Wildman–Crippen LogP) is -0.472. The van der Waals surface area contributed by atoms with E-state index in [2.05, 4.69) is 81.3 Å². The Morgan fingerprint density at radius 3 is 1.92 bits per heavy atom. The molecular weight excluding hydrogens is 447 g/mol. The molecule has 0 atom stereocenters. The van der Waals surface area contributed by atoms with Crippen LogP contribution in [0.25, 0.3) is 6.08 Å². The molecule has 0 heterocycles. The van der Waals surface area contributed by atoms with Crippen molar-refractivity contribution in [1.82, 2.24) is 0 Å². The second-order valence-electron chi connectivity index (χ2n) is 5.23. The summed E-state index contributed by atoms with van der Waals surface area (Å²) in [6.45, 7) is 11.1. The van der Waals surface area contributed by atoms with Gasteiger partial charge in [0.15, 0.2) is 0 Å². The van der Waals surface area contributed by atoms with E-state index in [1.165, 1.54) is 11.1 Å². The van der Waals surface area contributed by atoms with E-state index in [1.54, 1.807) is 0 Å². The van der Waals surface area contributed by atoms with Crippen LogP contribution in [0.5, 0.6) is 0 Å². The fourth-order valence-electron chi connectivity index (χ4n) is 1.45. The van der Waals surface area contributed by atoms with Crippen molar-refractivity contribution in [2.24, 2.45) is 0 Å². The fourth-order valence-corrected chi connectivity index (χ4v) is 1.45. The number of allylic oxidation sites excluding steroid dienone is 5. The Bertz CT molecular complexity index is 446. The summed E-state index contributed by atoms with van der Waals surface area (Å²) >= 11 is 0. The second kappa shape index (κ2) is 23.3. The van der Waals surface area contributed by atoms with Gasteiger partial charge in [0.05, 0.1) is 0 Å². The topological polar surface area (TPSA) is 0 Å². The summed E-state index contributed by atoms with van der Waals surface area (Å²) < 4.78 is 0. The van der Waals surface area contributed by atoms with Crippen LogP contribution in [0.4, 0.5) is 0 Å². The largest absolute Gasteiger partial charge is 4.00 e. The van der Waals surface area contributed by atoms with Crippen LogP contribution >= 0.6 is 0 Å². The number of benzene rings is 1. The van der Waals surface area contributed by atoms with Crippen LogP contribution in [0, 0.1) is 12.2 Å². The van der Waals surface area contributed by atoms with Gasteiger partial charge in [-0.15, -0.1) is 24.5 Å². The Morgan fingerprint density at radius 1 is 1.00 bits per heavy atom. The van der Waals surface area contributed by atoms with Crippen LogP contribution in [-0.4, -0.2) is 18.3 Å². The van der Waals surface area contributed by atoms with Gasteiger partial charge in [-0.05, 0) is 0 Å². The minimum absolute atomic E-state index is 0. The van der Waals surface area contributed by atoms with Crippen LogP contribution in [-0.2, 0) is 32.6 Å². The van der Waals surface area contributed by atoms with Crippen molar-refractivity contribution in [2.75, 3.05) is 0 Å². The second-order valence-corrected chi connectivity index (χ2v) is 9.23. The van der Waals surface area contributed by atoms with Crippen LogP contribution < -0.4 is 24.8 Å². The predicted molar refractivity (Wildman–Crippen MR) is 100 cm³/mol. The molecule has 0 amide bonds. The molecule has 2 aliphatic carbocycles. The summed E-state index contributed by atoms with van der Waals surface area (Å²) in [5, 5.41) is 0. The molecule has 0 N–H and O–H groups in total. The van der Waals surface area contributed by atoms with E-state index >= 15 is 0 Å². The third-order valence-corrected chi connectivity index (χ3v) is 2.19. The van der Waals surface area contributed by atoms with Crippen LogP contribution in [0.3, 0.4) is 0 Å². The Morgan fingerprint density at radius 2 is 1.54 bits per heavy atom. The quantitative estimate of drug-likeness (QED) is 0.353. The maximum absolute atomic E-state index is 3.16. The van der Waals surface area contributed by atoms with E-state index in [1.807, 2.05) is 12.2 Å². The first-order valence-corrected chi connectivity index (χ1v) is 12.3. The Kier molecular flexibility index (Phi) is 31.2. The van der Waals surface area contributed by atoms with Crippen LogP contribution in [0.1, 0.15) is 17.5 Å². The fraction of sp³-hybridized carbons (Fsp3) is 0.368. The normalized spacial score (nSPS) is 11.1. The standard InChI is InChI=1S/C9H7.C5H5.C3H9Si.C2H6Si.2ClH.Zr/c1-2-5-9-7-3-6-8(9)4-1;1-2-4-5-3-1;1-4(2)3;1-3-2;;;/h1-2,4-6H,7H2;1-3H,4H2;1-3H3;1-2H3;2*1H;/q2*-1;;;;;+4/p-2. The molecule has 129 valence electrons. The average Bonchev–Trinajstić information content (AvgIpc) is 3.14. The van der Waals surface area contributed by atoms with Crippen molar-refractivity contribution in [2.45, 2.75) is 45.6 Å². The molecule has 1 aromatic carbocycles. The van der Waals surface area contributed by atoms with E-state index in [4.69, 9.17) is 0 Å². The molecule has 0 aliphatic heterocycles. The maximum Gasteiger partial charge on any atom is 4.00 e. The molecule has 0 saturated carbocycles. The van der Waals surface area contributed by atoms with Gasteiger partial charge in [-0.25, -0.2) is 18.2 Å². The SMILES string of the molecule is C[Si](C)C.C[Si]C.[C-]1=CC=CC1.[C-]1=Cc2ccccc2C1.[Cl-].[Cl-].[Zr+4].